The van der Waals surface area contributed by atoms with Crippen LogP contribution in [-0.2, 0) is 11.2 Å². The van der Waals surface area contributed by atoms with Crippen molar-refractivity contribution >= 4 is 11.9 Å². The number of hydrogen-bond acceptors (Lipinski definition) is 6. The van der Waals surface area contributed by atoms with Gasteiger partial charge >= 0.3 is 0 Å². The molecule has 1 unspecified atom stereocenters. The third-order valence-electron chi connectivity index (χ3n) is 5.18. The van der Waals surface area contributed by atoms with Gasteiger partial charge < -0.3 is 19.7 Å². The van der Waals surface area contributed by atoms with E-state index in [1.54, 1.807) is 6.20 Å². The number of carbonyl (C=O) groups excluding carboxylic acids is 1. The monoisotopic (exact) mass is 412 g/mol. The number of hydrogen-bond donors (Lipinski definition) is 1. The molecule has 1 aliphatic rings. The first kappa shape index (κ1) is 21.9. The lowest BCUT2D eigenvalue weighted by molar-refractivity contribution is -0.125. The standard InChI is InChI=1S/C23H32N4O3/c1-4-29-20-9-8-18(15-21(20)30-5-2)11-13-24-22(28)19-7-6-14-27(16-19)23-25-12-10-17(3)26-23/h8-10,12,15,19H,4-7,11,13-14,16H2,1-3H3,(H,24,28). The van der Waals surface area contributed by atoms with Gasteiger partial charge in [-0.15, -0.1) is 0 Å². The zero-order valence-electron chi connectivity index (χ0n) is 18.2. The number of rotatable bonds is 9. The number of anilines is 1. The average Bonchev–Trinajstić information content (AvgIpc) is 2.76. The van der Waals surface area contributed by atoms with E-state index in [2.05, 4.69) is 20.2 Å². The molecule has 1 aromatic heterocycles. The van der Waals surface area contributed by atoms with Crippen LogP contribution in [0.4, 0.5) is 5.95 Å². The first-order chi connectivity index (χ1) is 14.6. The predicted molar refractivity (Wildman–Crippen MR) is 117 cm³/mol. The van der Waals surface area contributed by atoms with E-state index in [1.165, 1.54) is 0 Å². The molecule has 0 aliphatic carbocycles. The third kappa shape index (κ3) is 5.84. The molecule has 1 aromatic carbocycles. The Morgan fingerprint density at radius 3 is 2.77 bits per heavy atom. The molecule has 1 atom stereocenters. The number of nitrogens with one attached hydrogen (secondary N) is 1. The van der Waals surface area contributed by atoms with E-state index in [9.17, 15) is 4.79 Å². The Balaban J connectivity index is 1.52. The molecule has 0 saturated carbocycles. The van der Waals surface area contributed by atoms with Gasteiger partial charge in [0.1, 0.15) is 0 Å². The van der Waals surface area contributed by atoms with Gasteiger partial charge in [0, 0.05) is 31.5 Å². The van der Waals surface area contributed by atoms with Crippen molar-refractivity contribution < 1.29 is 14.3 Å². The second-order valence-electron chi connectivity index (χ2n) is 7.47. The summed E-state index contributed by atoms with van der Waals surface area (Å²) >= 11 is 0. The lowest BCUT2D eigenvalue weighted by atomic mass is 9.97. The van der Waals surface area contributed by atoms with Crippen LogP contribution in [-0.4, -0.2) is 48.7 Å². The molecule has 0 spiro atoms. The number of aromatic nitrogens is 2. The highest BCUT2D eigenvalue weighted by atomic mass is 16.5. The summed E-state index contributed by atoms with van der Waals surface area (Å²) in [7, 11) is 0. The number of amides is 1. The SMILES string of the molecule is CCOc1ccc(CCNC(=O)C2CCCN(c3nccc(C)n3)C2)cc1OCC. The summed E-state index contributed by atoms with van der Waals surface area (Å²) in [4.78, 5) is 23.7. The van der Waals surface area contributed by atoms with Gasteiger partial charge in [-0.1, -0.05) is 6.07 Å². The number of carbonyl (C=O) groups is 1. The molecule has 7 nitrogen and oxygen atoms in total. The van der Waals surface area contributed by atoms with Gasteiger partial charge in [0.05, 0.1) is 19.1 Å². The van der Waals surface area contributed by atoms with E-state index in [1.807, 2.05) is 45.0 Å². The van der Waals surface area contributed by atoms with Crippen LogP contribution < -0.4 is 19.7 Å². The Hall–Kier alpha value is -2.83. The molecule has 1 aliphatic heterocycles. The summed E-state index contributed by atoms with van der Waals surface area (Å²) in [6.45, 7) is 9.19. The van der Waals surface area contributed by atoms with Crippen molar-refractivity contribution in [3.05, 3.63) is 41.7 Å². The molecule has 1 fully saturated rings. The summed E-state index contributed by atoms with van der Waals surface area (Å²) in [5, 5.41) is 3.10. The van der Waals surface area contributed by atoms with Gasteiger partial charge in [-0.25, -0.2) is 9.97 Å². The van der Waals surface area contributed by atoms with Crippen molar-refractivity contribution in [2.75, 3.05) is 37.7 Å². The van der Waals surface area contributed by atoms with Gasteiger partial charge in [0.25, 0.3) is 0 Å². The number of piperidine rings is 1. The molecule has 162 valence electrons. The smallest absolute Gasteiger partial charge is 0.225 e. The minimum atomic E-state index is -0.0396. The predicted octanol–water partition coefficient (Wildman–Crippen LogP) is 3.16. The molecule has 1 N–H and O–H groups in total. The van der Waals surface area contributed by atoms with Gasteiger partial charge in [0.2, 0.25) is 11.9 Å². The van der Waals surface area contributed by atoms with E-state index >= 15 is 0 Å². The fourth-order valence-electron chi connectivity index (χ4n) is 3.69. The highest BCUT2D eigenvalue weighted by molar-refractivity contribution is 5.79. The molecular formula is C23H32N4O3. The Morgan fingerprint density at radius 2 is 2.00 bits per heavy atom. The van der Waals surface area contributed by atoms with Crippen LogP contribution in [0.2, 0.25) is 0 Å². The van der Waals surface area contributed by atoms with Crippen LogP contribution >= 0.6 is 0 Å². The molecule has 30 heavy (non-hydrogen) atoms. The van der Waals surface area contributed by atoms with E-state index in [0.717, 1.165) is 48.6 Å². The first-order valence-electron chi connectivity index (χ1n) is 10.8. The summed E-state index contributed by atoms with van der Waals surface area (Å²) in [5.74, 6) is 2.29. The highest BCUT2D eigenvalue weighted by Crippen LogP contribution is 2.28. The summed E-state index contributed by atoms with van der Waals surface area (Å²) in [6.07, 6.45) is 4.38. The molecule has 1 saturated heterocycles. The minimum absolute atomic E-state index is 0.0396. The molecular weight excluding hydrogens is 380 g/mol. The van der Waals surface area contributed by atoms with Crippen LogP contribution in [0, 0.1) is 12.8 Å². The zero-order valence-corrected chi connectivity index (χ0v) is 18.2. The molecule has 2 aromatic rings. The van der Waals surface area contributed by atoms with Gasteiger partial charge in [-0.05, 0) is 63.8 Å². The van der Waals surface area contributed by atoms with E-state index in [4.69, 9.17) is 9.47 Å². The van der Waals surface area contributed by atoms with Crippen molar-refractivity contribution in [2.45, 2.75) is 40.0 Å². The van der Waals surface area contributed by atoms with Crippen LogP contribution in [0.5, 0.6) is 11.5 Å². The zero-order chi connectivity index (χ0) is 21.3. The first-order valence-corrected chi connectivity index (χ1v) is 10.8. The van der Waals surface area contributed by atoms with Crippen LogP contribution in [0.25, 0.3) is 0 Å². The second kappa shape index (κ2) is 10.8. The summed E-state index contributed by atoms with van der Waals surface area (Å²) in [5.41, 5.74) is 2.05. The summed E-state index contributed by atoms with van der Waals surface area (Å²) in [6, 6.07) is 7.84. The van der Waals surface area contributed by atoms with Crippen molar-refractivity contribution in [1.82, 2.24) is 15.3 Å². The Labute approximate surface area is 178 Å². The maximum absolute atomic E-state index is 12.7. The fourth-order valence-corrected chi connectivity index (χ4v) is 3.69. The van der Waals surface area contributed by atoms with E-state index in [0.29, 0.717) is 32.3 Å². The summed E-state index contributed by atoms with van der Waals surface area (Å²) < 4.78 is 11.3. The normalized spacial score (nSPS) is 16.2. The molecule has 0 radical (unpaired) electrons. The van der Waals surface area contributed by atoms with E-state index in [-0.39, 0.29) is 11.8 Å². The van der Waals surface area contributed by atoms with Crippen LogP contribution in [0.1, 0.15) is 37.9 Å². The molecule has 2 heterocycles. The second-order valence-corrected chi connectivity index (χ2v) is 7.47. The molecule has 1 amide bonds. The van der Waals surface area contributed by atoms with Crippen molar-refractivity contribution in [2.24, 2.45) is 5.92 Å². The van der Waals surface area contributed by atoms with Gasteiger partial charge in [-0.2, -0.15) is 0 Å². The fraction of sp³-hybridized carbons (Fsp3) is 0.522. The lowest BCUT2D eigenvalue weighted by Crippen LogP contribution is -2.44. The van der Waals surface area contributed by atoms with Crippen LogP contribution in [0.15, 0.2) is 30.5 Å². The van der Waals surface area contributed by atoms with Crippen molar-refractivity contribution in [3.8, 4) is 11.5 Å². The Kier molecular flexibility index (Phi) is 7.88. The number of benzene rings is 1. The molecule has 0 bridgehead atoms. The molecule has 7 heteroatoms. The number of aryl methyl sites for hydroxylation is 1. The third-order valence-corrected chi connectivity index (χ3v) is 5.18. The maximum Gasteiger partial charge on any atom is 0.225 e. The minimum Gasteiger partial charge on any atom is -0.490 e. The van der Waals surface area contributed by atoms with Gasteiger partial charge in [-0.3, -0.25) is 4.79 Å². The van der Waals surface area contributed by atoms with Gasteiger partial charge in [0.15, 0.2) is 11.5 Å². The maximum atomic E-state index is 12.7. The lowest BCUT2D eigenvalue weighted by Gasteiger charge is -2.32. The Morgan fingerprint density at radius 1 is 1.20 bits per heavy atom. The highest BCUT2D eigenvalue weighted by Gasteiger charge is 2.27. The quantitative estimate of drug-likeness (QED) is 0.682. The largest absolute Gasteiger partial charge is 0.490 e. The van der Waals surface area contributed by atoms with Crippen molar-refractivity contribution in [3.63, 3.8) is 0 Å². The van der Waals surface area contributed by atoms with E-state index < -0.39 is 0 Å². The average molecular weight is 413 g/mol. The van der Waals surface area contributed by atoms with Crippen molar-refractivity contribution in [1.29, 1.82) is 0 Å². The number of nitrogens with zero attached hydrogens (tertiary/aromatic N) is 3. The topological polar surface area (TPSA) is 76.6 Å². The Bertz CT molecular complexity index is 843. The number of ether oxygens (including phenoxy) is 2. The van der Waals surface area contributed by atoms with Crippen LogP contribution in [0.3, 0.4) is 0 Å². The molecule has 3 rings (SSSR count).